The molecule has 0 N–H and O–H groups in total. The van der Waals surface area contributed by atoms with Gasteiger partial charge in [0.1, 0.15) is 12.5 Å². The lowest BCUT2D eigenvalue weighted by atomic mass is 10.3. The Bertz CT molecular complexity index is 1560. The first kappa shape index (κ1) is 79.0. The molecule has 0 fully saturated rings. The van der Waals surface area contributed by atoms with Crippen LogP contribution in [0.15, 0.2) is 168 Å². The Balaban J connectivity index is -0.0000000967. The van der Waals surface area contributed by atoms with Crippen LogP contribution < -0.4 is 0 Å². The number of nitrogens with zero attached hydrogens (tertiary/aromatic N) is 8. The van der Waals surface area contributed by atoms with Crippen molar-refractivity contribution in [2.75, 3.05) is 0 Å². The van der Waals surface area contributed by atoms with E-state index >= 15 is 0 Å². The highest BCUT2D eigenvalue weighted by molar-refractivity contribution is 5.23. The van der Waals surface area contributed by atoms with Gasteiger partial charge in [-0.15, -0.1) is 0 Å². The Kier molecular flexibility index (Phi) is 87.3. The van der Waals surface area contributed by atoms with E-state index in [1.807, 2.05) is 183 Å². The van der Waals surface area contributed by atoms with Crippen LogP contribution in [0.25, 0.3) is 0 Å². The lowest BCUT2D eigenvalue weighted by Gasteiger charge is -1.82. The Morgan fingerprint density at radius 1 is 0.353 bits per heavy atom. The molecule has 6 aromatic rings. The van der Waals surface area contributed by atoms with Crippen LogP contribution in [0.4, 0.5) is 0 Å². The highest BCUT2D eigenvalue weighted by Gasteiger charge is 1.85. The molecule has 6 heterocycles. The minimum atomic E-state index is 0.961. The standard InChI is InChI=1S/2C6H7N.2C6H8.2C5H6N2.2C4H5NO.8C2H6/c1-6-2-4-7-5-3-6;1-6-4-2-3-5-7-6;2*1-6-4-2-3-5-6;2*1-5-4-6-2-3-7-5;2*1-4-2-5-6-3-4;8*1-2/h2*2-5H,1H3;2*2,4-5H,3H2,1H3;2*2-4H,1H3;2*2-3H,1H3;8*1-2H3. The van der Waals surface area contributed by atoms with Gasteiger partial charge in [-0.25, -0.2) is 0 Å². The average Bonchev–Trinajstić information content (AvgIpc) is 4.29. The van der Waals surface area contributed by atoms with Gasteiger partial charge in [0.2, 0.25) is 0 Å². The second kappa shape index (κ2) is 75.2. The number of hydrogen-bond acceptors (Lipinski definition) is 10. The molecule has 0 unspecified atom stereocenters. The van der Waals surface area contributed by atoms with Crippen LogP contribution in [0.3, 0.4) is 0 Å². The lowest BCUT2D eigenvalue weighted by molar-refractivity contribution is 0.419. The minimum absolute atomic E-state index is 0.961. The zero-order chi connectivity index (χ0) is 54.1. The molecule has 0 saturated heterocycles. The van der Waals surface area contributed by atoms with Gasteiger partial charge in [0.05, 0.1) is 23.8 Å². The number of rotatable bonds is 0. The summed E-state index contributed by atoms with van der Waals surface area (Å²) in [6.45, 7) is 47.9. The van der Waals surface area contributed by atoms with Gasteiger partial charge in [-0.05, 0) is 98.1 Å². The van der Waals surface area contributed by atoms with Crippen molar-refractivity contribution >= 4 is 0 Å². The van der Waals surface area contributed by atoms with Crippen molar-refractivity contribution in [3.63, 3.8) is 0 Å². The molecule has 68 heavy (non-hydrogen) atoms. The Hall–Kier alpha value is -6.16. The fourth-order valence-electron chi connectivity index (χ4n) is 3.29. The predicted molar refractivity (Wildman–Crippen MR) is 300 cm³/mol. The van der Waals surface area contributed by atoms with Gasteiger partial charge in [-0.1, -0.05) is 175 Å². The molecule has 0 aromatic carbocycles. The molecule has 6 aromatic heterocycles. The van der Waals surface area contributed by atoms with Gasteiger partial charge in [-0.2, -0.15) is 0 Å². The smallest absolute Gasteiger partial charge is 0.126 e. The Morgan fingerprint density at radius 2 is 0.721 bits per heavy atom. The number of pyridine rings is 2. The maximum Gasteiger partial charge on any atom is 0.126 e. The average molecular weight is 941 g/mol. The Morgan fingerprint density at radius 3 is 0.838 bits per heavy atom. The van der Waals surface area contributed by atoms with Gasteiger partial charge in [0.15, 0.2) is 0 Å². The van der Waals surface area contributed by atoms with Crippen molar-refractivity contribution in [1.29, 1.82) is 0 Å². The summed E-state index contributed by atoms with van der Waals surface area (Å²) < 4.78 is 8.93. The second-order valence-electron chi connectivity index (χ2n) is 11.3. The van der Waals surface area contributed by atoms with Crippen LogP contribution in [0.5, 0.6) is 0 Å². The summed E-state index contributed by atoms with van der Waals surface area (Å²) in [6, 6.07) is 9.80. The van der Waals surface area contributed by atoms with Crippen molar-refractivity contribution < 1.29 is 9.05 Å². The van der Waals surface area contributed by atoms with E-state index in [2.05, 4.69) is 99.6 Å². The molecule has 0 aliphatic heterocycles. The van der Waals surface area contributed by atoms with Gasteiger partial charge in [0, 0.05) is 72.6 Å². The largest absolute Gasteiger partial charge is 0.365 e. The lowest BCUT2D eigenvalue weighted by Crippen LogP contribution is -1.77. The first-order chi connectivity index (χ1) is 33.2. The van der Waals surface area contributed by atoms with Crippen LogP contribution in [0.1, 0.15) is 171 Å². The molecule has 0 saturated carbocycles. The third kappa shape index (κ3) is 71.5. The highest BCUT2D eigenvalue weighted by Crippen LogP contribution is 2.06. The molecular weight excluding hydrogens is 841 g/mol. The molecule has 0 atom stereocenters. The first-order valence-electron chi connectivity index (χ1n) is 24.7. The van der Waals surface area contributed by atoms with Crippen LogP contribution in [-0.2, 0) is 0 Å². The number of aromatic nitrogens is 8. The van der Waals surface area contributed by atoms with Crippen LogP contribution in [-0.4, -0.2) is 40.2 Å². The predicted octanol–water partition coefficient (Wildman–Crippen LogP) is 18.3. The Labute approximate surface area is 419 Å². The maximum atomic E-state index is 4.46. The molecular formula is C58H100N8O2. The zero-order valence-electron chi connectivity index (χ0n) is 47.7. The quantitative estimate of drug-likeness (QED) is 0.145. The van der Waals surface area contributed by atoms with Crippen molar-refractivity contribution in [2.24, 2.45) is 0 Å². The zero-order valence-corrected chi connectivity index (χ0v) is 47.7. The molecule has 10 nitrogen and oxygen atoms in total. The topological polar surface area (TPSA) is 129 Å². The van der Waals surface area contributed by atoms with Gasteiger partial charge in [0.25, 0.3) is 0 Å². The monoisotopic (exact) mass is 941 g/mol. The summed E-state index contributed by atoms with van der Waals surface area (Å²) in [5.41, 5.74) is 9.18. The van der Waals surface area contributed by atoms with E-state index in [1.165, 1.54) is 16.7 Å². The molecule has 2 aliphatic carbocycles. The normalized spacial score (nSPS) is 9.12. The maximum absolute atomic E-state index is 4.46. The molecule has 2 aliphatic rings. The second-order valence-corrected chi connectivity index (χ2v) is 11.3. The van der Waals surface area contributed by atoms with Crippen molar-refractivity contribution in [3.8, 4) is 0 Å². The summed E-state index contributed by atoms with van der Waals surface area (Å²) in [7, 11) is 0. The summed E-state index contributed by atoms with van der Waals surface area (Å²) in [5, 5.41) is 6.89. The fraction of sp³-hybridized carbons (Fsp3) is 0.448. The van der Waals surface area contributed by atoms with Crippen molar-refractivity contribution in [2.45, 2.75) is 179 Å². The van der Waals surface area contributed by atoms with Crippen LogP contribution in [0, 0.1) is 41.5 Å². The van der Waals surface area contributed by atoms with E-state index in [1.54, 1.807) is 80.7 Å². The fourth-order valence-corrected chi connectivity index (χ4v) is 3.29. The first-order valence-corrected chi connectivity index (χ1v) is 24.7. The van der Waals surface area contributed by atoms with Gasteiger partial charge < -0.3 is 9.05 Å². The molecule has 0 radical (unpaired) electrons. The SMILES string of the molecule is CC.CC.CC.CC.CC.CC.CC.CC.CC1=CCC=C1.CC1=CCC=C1.Cc1ccccn1.Cc1ccncc1.Cc1cnccn1.Cc1cnccn1.Cc1cnoc1.Cc1cnoc1. The third-order valence-corrected chi connectivity index (χ3v) is 6.07. The van der Waals surface area contributed by atoms with Crippen molar-refractivity contribution in [1.82, 2.24) is 40.2 Å². The molecule has 0 bridgehead atoms. The van der Waals surface area contributed by atoms with E-state index < -0.39 is 0 Å². The summed E-state index contributed by atoms with van der Waals surface area (Å²) >= 11 is 0. The number of allylic oxidation sites excluding steroid dienone is 8. The molecule has 10 heteroatoms. The van der Waals surface area contributed by atoms with E-state index in [0.717, 1.165) is 41.1 Å². The number of hydrogen-bond donors (Lipinski definition) is 0. The van der Waals surface area contributed by atoms with Crippen LogP contribution >= 0.6 is 0 Å². The highest BCUT2D eigenvalue weighted by atomic mass is 16.5. The molecule has 0 amide bonds. The van der Waals surface area contributed by atoms with E-state index in [0.29, 0.717) is 0 Å². The molecule has 8 rings (SSSR count). The minimum Gasteiger partial charge on any atom is -0.365 e. The molecule has 384 valence electrons. The summed E-state index contributed by atoms with van der Waals surface area (Å²) in [6.07, 6.45) is 37.3. The summed E-state index contributed by atoms with van der Waals surface area (Å²) in [5.74, 6) is 0. The van der Waals surface area contributed by atoms with Gasteiger partial charge >= 0.3 is 0 Å². The number of aryl methyl sites for hydroxylation is 6. The van der Waals surface area contributed by atoms with Gasteiger partial charge in [-0.3, -0.25) is 29.9 Å². The van der Waals surface area contributed by atoms with Crippen molar-refractivity contribution in [3.05, 3.63) is 192 Å². The molecule has 0 spiro atoms. The van der Waals surface area contributed by atoms with E-state index in [-0.39, 0.29) is 0 Å². The van der Waals surface area contributed by atoms with E-state index in [9.17, 15) is 0 Å². The van der Waals surface area contributed by atoms with E-state index in [4.69, 9.17) is 0 Å². The summed E-state index contributed by atoms with van der Waals surface area (Å²) in [4.78, 5) is 23.3. The third-order valence-electron chi connectivity index (χ3n) is 6.07. The van der Waals surface area contributed by atoms with Crippen LogP contribution in [0.2, 0.25) is 0 Å².